The first-order valence-electron chi connectivity index (χ1n) is 7.63. The minimum absolute atomic E-state index is 0.0280. The molecule has 3 rings (SSSR count). The van der Waals surface area contributed by atoms with Crippen molar-refractivity contribution in [3.63, 3.8) is 0 Å². The van der Waals surface area contributed by atoms with Gasteiger partial charge in [-0.05, 0) is 55.4 Å². The lowest BCUT2D eigenvalue weighted by atomic mass is 10.1. The van der Waals surface area contributed by atoms with Gasteiger partial charge in [0.1, 0.15) is 0 Å². The van der Waals surface area contributed by atoms with E-state index in [0.29, 0.717) is 23.9 Å². The van der Waals surface area contributed by atoms with Gasteiger partial charge >= 0.3 is 0 Å². The van der Waals surface area contributed by atoms with Crippen molar-refractivity contribution in [3.8, 4) is 0 Å². The van der Waals surface area contributed by atoms with Crippen LogP contribution >= 0.6 is 0 Å². The van der Waals surface area contributed by atoms with Crippen molar-refractivity contribution in [2.24, 2.45) is 17.3 Å². The molecule has 0 radical (unpaired) electrons. The summed E-state index contributed by atoms with van der Waals surface area (Å²) in [7, 11) is 0. The number of carbonyl (C=O) groups excluding carboxylic acids is 2. The number of amides is 2. The largest absolute Gasteiger partial charge is 0.352 e. The first-order chi connectivity index (χ1) is 9.92. The number of fused-ring (bicyclic) bond motifs is 1. The van der Waals surface area contributed by atoms with Crippen LogP contribution in [-0.4, -0.2) is 18.4 Å². The summed E-state index contributed by atoms with van der Waals surface area (Å²) in [4.78, 5) is 24.1. The average Bonchev–Trinajstić information content (AvgIpc) is 3.27. The Hall–Kier alpha value is -1.84. The Morgan fingerprint density at radius 1 is 1.33 bits per heavy atom. The predicted octanol–water partition coefficient (Wildman–Crippen LogP) is 2.73. The van der Waals surface area contributed by atoms with E-state index in [1.165, 1.54) is 0 Å². The standard InChI is InChI=1S/C17H22N2O2/c1-10(2)9-18-15(20)12-4-5-14(11(3)6-12)19-16(21)17-7-13(17)8-17/h4-6,10,13H,7-9H2,1-3H3,(H,18,20)(H,19,21). The SMILES string of the molecule is Cc1cc(C(=O)NCC(C)C)ccc1NC(=O)C12CC1C2. The molecule has 2 amide bonds. The molecule has 0 unspecified atom stereocenters. The zero-order chi connectivity index (χ0) is 15.2. The number of carbonyl (C=O) groups is 2. The smallest absolute Gasteiger partial charge is 0.251 e. The van der Waals surface area contributed by atoms with Crippen LogP contribution in [0.5, 0.6) is 0 Å². The van der Waals surface area contributed by atoms with Gasteiger partial charge in [0.25, 0.3) is 5.91 Å². The van der Waals surface area contributed by atoms with E-state index in [1.54, 1.807) is 6.07 Å². The van der Waals surface area contributed by atoms with Gasteiger partial charge in [-0.25, -0.2) is 0 Å². The van der Waals surface area contributed by atoms with E-state index in [9.17, 15) is 9.59 Å². The van der Waals surface area contributed by atoms with E-state index in [2.05, 4.69) is 24.5 Å². The van der Waals surface area contributed by atoms with Crippen molar-refractivity contribution in [3.05, 3.63) is 29.3 Å². The summed E-state index contributed by atoms with van der Waals surface area (Å²) in [6.45, 7) is 6.71. The van der Waals surface area contributed by atoms with Gasteiger partial charge in [0.05, 0.1) is 5.41 Å². The molecule has 2 N–H and O–H groups in total. The van der Waals surface area contributed by atoms with Crippen molar-refractivity contribution < 1.29 is 9.59 Å². The van der Waals surface area contributed by atoms with E-state index >= 15 is 0 Å². The molecule has 0 aliphatic heterocycles. The zero-order valence-corrected chi connectivity index (χ0v) is 12.8. The highest BCUT2D eigenvalue weighted by Gasteiger charge is 2.74. The lowest BCUT2D eigenvalue weighted by Gasteiger charge is -2.12. The fraction of sp³-hybridized carbons (Fsp3) is 0.529. The lowest BCUT2D eigenvalue weighted by Crippen LogP contribution is -2.27. The van der Waals surface area contributed by atoms with Crippen LogP contribution in [0.3, 0.4) is 0 Å². The third-order valence-corrected chi connectivity index (χ3v) is 4.54. The summed E-state index contributed by atoms with van der Waals surface area (Å²) >= 11 is 0. The molecule has 21 heavy (non-hydrogen) atoms. The fourth-order valence-electron chi connectivity index (χ4n) is 2.66. The van der Waals surface area contributed by atoms with Gasteiger partial charge in [-0.3, -0.25) is 9.59 Å². The highest BCUT2D eigenvalue weighted by atomic mass is 16.2. The van der Waals surface area contributed by atoms with Crippen molar-refractivity contribution >= 4 is 17.5 Å². The Bertz CT molecular complexity index is 601. The first kappa shape index (κ1) is 14.1. The van der Waals surface area contributed by atoms with Crippen LogP contribution in [0, 0.1) is 24.2 Å². The van der Waals surface area contributed by atoms with Crippen molar-refractivity contribution in [1.29, 1.82) is 0 Å². The van der Waals surface area contributed by atoms with E-state index < -0.39 is 0 Å². The molecule has 0 spiro atoms. The van der Waals surface area contributed by atoms with Crippen LogP contribution in [0.4, 0.5) is 5.69 Å². The minimum Gasteiger partial charge on any atom is -0.352 e. The van der Waals surface area contributed by atoms with Gasteiger partial charge in [0, 0.05) is 17.8 Å². The Morgan fingerprint density at radius 3 is 2.52 bits per heavy atom. The van der Waals surface area contributed by atoms with Crippen LogP contribution in [-0.2, 0) is 4.79 Å². The molecule has 1 aromatic rings. The molecule has 0 aromatic heterocycles. The molecular formula is C17H22N2O2. The summed E-state index contributed by atoms with van der Waals surface area (Å²) in [5.74, 6) is 1.15. The van der Waals surface area contributed by atoms with Crippen LogP contribution in [0.1, 0.15) is 42.6 Å². The van der Waals surface area contributed by atoms with E-state index in [-0.39, 0.29) is 17.2 Å². The number of anilines is 1. The number of rotatable bonds is 5. The summed E-state index contributed by atoms with van der Waals surface area (Å²) < 4.78 is 0. The minimum atomic E-state index is -0.0623. The molecule has 112 valence electrons. The van der Waals surface area contributed by atoms with Gasteiger partial charge in [-0.1, -0.05) is 13.8 Å². The summed E-state index contributed by atoms with van der Waals surface area (Å²) in [5.41, 5.74) is 2.35. The fourth-order valence-corrected chi connectivity index (χ4v) is 2.66. The topological polar surface area (TPSA) is 58.2 Å². The number of nitrogens with one attached hydrogen (secondary N) is 2. The third-order valence-electron chi connectivity index (χ3n) is 4.54. The summed E-state index contributed by atoms with van der Waals surface area (Å²) in [6, 6.07) is 5.43. The predicted molar refractivity (Wildman–Crippen MR) is 82.1 cm³/mol. The second-order valence-electron chi connectivity index (χ2n) is 6.85. The second-order valence-corrected chi connectivity index (χ2v) is 6.85. The third kappa shape index (κ3) is 2.67. The maximum atomic E-state index is 12.1. The summed E-state index contributed by atoms with van der Waals surface area (Å²) in [6.07, 6.45) is 2.10. The van der Waals surface area contributed by atoms with Gasteiger partial charge in [0.2, 0.25) is 5.91 Å². The first-order valence-corrected chi connectivity index (χ1v) is 7.63. The molecule has 2 aliphatic carbocycles. The molecule has 0 bridgehead atoms. The van der Waals surface area contributed by atoms with Crippen LogP contribution in [0.2, 0.25) is 0 Å². The zero-order valence-electron chi connectivity index (χ0n) is 12.8. The molecule has 0 saturated heterocycles. The maximum absolute atomic E-state index is 12.1. The Morgan fingerprint density at radius 2 is 2.00 bits per heavy atom. The second kappa shape index (κ2) is 4.86. The van der Waals surface area contributed by atoms with Crippen LogP contribution in [0.15, 0.2) is 18.2 Å². The summed E-state index contributed by atoms with van der Waals surface area (Å²) in [5, 5.41) is 5.90. The molecule has 2 saturated carbocycles. The highest BCUT2D eigenvalue weighted by molar-refractivity contribution is 6.01. The van der Waals surface area contributed by atoms with Crippen LogP contribution in [0.25, 0.3) is 0 Å². The van der Waals surface area contributed by atoms with E-state index in [1.807, 2.05) is 19.1 Å². The Labute approximate surface area is 125 Å². The van der Waals surface area contributed by atoms with Crippen molar-refractivity contribution in [2.75, 3.05) is 11.9 Å². The normalized spacial score (nSPS) is 25.2. The molecule has 4 heteroatoms. The molecule has 1 aromatic carbocycles. The molecule has 0 heterocycles. The monoisotopic (exact) mass is 286 g/mol. The molecule has 2 fully saturated rings. The Kier molecular flexibility index (Phi) is 3.27. The quantitative estimate of drug-likeness (QED) is 0.874. The van der Waals surface area contributed by atoms with Crippen molar-refractivity contribution in [1.82, 2.24) is 5.32 Å². The molecule has 2 aliphatic rings. The van der Waals surface area contributed by atoms with E-state index in [0.717, 1.165) is 24.1 Å². The molecular weight excluding hydrogens is 264 g/mol. The molecule has 4 nitrogen and oxygen atoms in total. The number of hydrogen-bond donors (Lipinski definition) is 2. The van der Waals surface area contributed by atoms with Crippen molar-refractivity contribution in [2.45, 2.75) is 33.6 Å². The maximum Gasteiger partial charge on any atom is 0.251 e. The lowest BCUT2D eigenvalue weighted by molar-refractivity contribution is -0.119. The van der Waals surface area contributed by atoms with Gasteiger partial charge in [0.15, 0.2) is 0 Å². The van der Waals surface area contributed by atoms with Gasteiger partial charge in [-0.2, -0.15) is 0 Å². The number of benzene rings is 1. The average molecular weight is 286 g/mol. The Balaban J connectivity index is 1.64. The van der Waals surface area contributed by atoms with E-state index in [4.69, 9.17) is 0 Å². The highest BCUT2D eigenvalue weighted by Crippen LogP contribution is 2.75. The van der Waals surface area contributed by atoms with Gasteiger partial charge in [-0.15, -0.1) is 0 Å². The van der Waals surface area contributed by atoms with Gasteiger partial charge < -0.3 is 10.6 Å². The number of hydrogen-bond acceptors (Lipinski definition) is 2. The molecule has 0 atom stereocenters. The number of aryl methyl sites for hydroxylation is 1. The van der Waals surface area contributed by atoms with Crippen LogP contribution < -0.4 is 10.6 Å².